The molecule has 0 bridgehead atoms. The standard InChI is InChI=1S/C21H30N2O5/c1-4-8-19(24)20(5-2)28-21-22-17-9-6-7-10-18(17)23(21)11-12-26-15-16-27-14-13-25-3/h4-10,19-20,24H,2,11-16H2,1,3H3/b8-4+/t19-,20+/m1/s1. The topological polar surface area (TPSA) is 75.0 Å². The van der Waals surface area contributed by atoms with Gasteiger partial charge >= 0.3 is 0 Å². The van der Waals surface area contributed by atoms with E-state index in [1.807, 2.05) is 35.8 Å². The first-order valence-corrected chi connectivity index (χ1v) is 9.41. The van der Waals surface area contributed by atoms with Crippen molar-refractivity contribution in [2.75, 3.05) is 40.1 Å². The summed E-state index contributed by atoms with van der Waals surface area (Å²) in [6.45, 7) is 8.81. The van der Waals surface area contributed by atoms with E-state index in [1.54, 1.807) is 25.3 Å². The maximum absolute atomic E-state index is 10.2. The number of aliphatic hydroxyl groups is 1. The molecule has 1 aromatic heterocycles. The minimum absolute atomic E-state index is 0.426. The molecular formula is C21H30N2O5. The van der Waals surface area contributed by atoms with Gasteiger partial charge in [-0.3, -0.25) is 4.57 Å². The molecule has 28 heavy (non-hydrogen) atoms. The molecule has 0 aliphatic carbocycles. The van der Waals surface area contributed by atoms with E-state index >= 15 is 0 Å². The SMILES string of the molecule is C=C[C@H](Oc1nc2ccccc2n1CCOCCOCCOC)[C@H](O)/C=C/C. The second kappa shape index (κ2) is 12.3. The molecule has 2 rings (SSSR count). The number of aliphatic hydroxyl groups excluding tert-OH is 1. The van der Waals surface area contributed by atoms with Crippen LogP contribution in [-0.4, -0.2) is 67.0 Å². The summed E-state index contributed by atoms with van der Waals surface area (Å²) in [4.78, 5) is 4.56. The van der Waals surface area contributed by atoms with Crippen molar-refractivity contribution in [3.8, 4) is 6.01 Å². The van der Waals surface area contributed by atoms with E-state index in [0.29, 0.717) is 45.6 Å². The summed E-state index contributed by atoms with van der Waals surface area (Å²) in [6, 6.07) is 8.21. The summed E-state index contributed by atoms with van der Waals surface area (Å²) < 4.78 is 23.9. The van der Waals surface area contributed by atoms with Crippen molar-refractivity contribution >= 4 is 11.0 Å². The molecule has 7 heteroatoms. The number of para-hydroxylation sites is 2. The summed E-state index contributed by atoms with van der Waals surface area (Å²) in [7, 11) is 1.64. The van der Waals surface area contributed by atoms with Gasteiger partial charge in [-0.25, -0.2) is 0 Å². The fourth-order valence-electron chi connectivity index (χ4n) is 2.67. The lowest BCUT2D eigenvalue weighted by Crippen LogP contribution is -2.29. The first kappa shape index (κ1) is 22.1. The Labute approximate surface area is 166 Å². The third kappa shape index (κ3) is 6.45. The van der Waals surface area contributed by atoms with Crippen molar-refractivity contribution in [3.05, 3.63) is 49.1 Å². The highest BCUT2D eigenvalue weighted by Crippen LogP contribution is 2.23. The van der Waals surface area contributed by atoms with E-state index in [4.69, 9.17) is 18.9 Å². The van der Waals surface area contributed by atoms with Gasteiger partial charge in [-0.15, -0.1) is 0 Å². The van der Waals surface area contributed by atoms with Crippen LogP contribution >= 0.6 is 0 Å². The first-order valence-electron chi connectivity index (χ1n) is 9.41. The maximum atomic E-state index is 10.2. The van der Waals surface area contributed by atoms with Gasteiger partial charge < -0.3 is 24.1 Å². The summed E-state index contributed by atoms with van der Waals surface area (Å²) >= 11 is 0. The molecule has 2 aromatic rings. The quantitative estimate of drug-likeness (QED) is 0.395. The van der Waals surface area contributed by atoms with E-state index in [2.05, 4.69) is 11.6 Å². The molecule has 154 valence electrons. The fraction of sp³-hybridized carbons (Fsp3) is 0.476. The van der Waals surface area contributed by atoms with E-state index in [9.17, 15) is 5.11 Å². The van der Waals surface area contributed by atoms with E-state index in [0.717, 1.165) is 11.0 Å². The number of rotatable bonds is 14. The Balaban J connectivity index is 2.00. The Bertz CT molecular complexity index is 743. The van der Waals surface area contributed by atoms with E-state index < -0.39 is 12.2 Å². The number of fused-ring (bicyclic) bond motifs is 1. The molecule has 0 spiro atoms. The molecule has 0 saturated carbocycles. The second-order valence-corrected chi connectivity index (χ2v) is 6.09. The Hall–Kier alpha value is -2.19. The smallest absolute Gasteiger partial charge is 0.298 e. The molecule has 0 unspecified atom stereocenters. The number of hydrogen-bond donors (Lipinski definition) is 1. The molecule has 1 N–H and O–H groups in total. The van der Waals surface area contributed by atoms with Crippen LogP contribution in [0.3, 0.4) is 0 Å². The van der Waals surface area contributed by atoms with Crippen LogP contribution in [0, 0.1) is 0 Å². The molecule has 0 amide bonds. The minimum Gasteiger partial charge on any atom is -0.454 e. The average Bonchev–Trinajstić information content (AvgIpc) is 3.05. The number of methoxy groups -OCH3 is 1. The highest BCUT2D eigenvalue weighted by Gasteiger charge is 2.19. The van der Waals surface area contributed by atoms with Gasteiger partial charge in [-0.2, -0.15) is 4.98 Å². The molecule has 7 nitrogen and oxygen atoms in total. The first-order chi connectivity index (χ1) is 13.7. The molecule has 0 fully saturated rings. The zero-order valence-electron chi connectivity index (χ0n) is 16.6. The lowest BCUT2D eigenvalue weighted by molar-refractivity contribution is 0.0223. The summed E-state index contributed by atoms with van der Waals surface area (Å²) in [6.07, 6.45) is 3.61. The van der Waals surface area contributed by atoms with Crippen LogP contribution in [0.25, 0.3) is 11.0 Å². The average molecular weight is 390 g/mol. The third-order valence-corrected chi connectivity index (χ3v) is 4.08. The summed E-state index contributed by atoms with van der Waals surface area (Å²) in [5.41, 5.74) is 1.77. The van der Waals surface area contributed by atoms with Gasteiger partial charge in [0.05, 0.1) is 50.6 Å². The molecule has 1 aromatic carbocycles. The molecule has 0 aliphatic rings. The fourth-order valence-corrected chi connectivity index (χ4v) is 2.67. The predicted octanol–water partition coefficient (Wildman–Crippen LogP) is 2.59. The van der Waals surface area contributed by atoms with Gasteiger partial charge in [0.15, 0.2) is 0 Å². The zero-order chi connectivity index (χ0) is 20.2. The monoisotopic (exact) mass is 390 g/mol. The molecular weight excluding hydrogens is 360 g/mol. The van der Waals surface area contributed by atoms with Gasteiger partial charge in [0, 0.05) is 7.11 Å². The van der Waals surface area contributed by atoms with Crippen LogP contribution in [0.1, 0.15) is 6.92 Å². The number of allylic oxidation sites excluding steroid dienone is 1. The van der Waals surface area contributed by atoms with Gasteiger partial charge in [0.1, 0.15) is 12.2 Å². The number of benzene rings is 1. The number of nitrogens with zero attached hydrogens (tertiary/aromatic N) is 2. The van der Waals surface area contributed by atoms with E-state index in [1.165, 1.54) is 0 Å². The number of ether oxygens (including phenoxy) is 4. The predicted molar refractivity (Wildman–Crippen MR) is 109 cm³/mol. The largest absolute Gasteiger partial charge is 0.454 e. The summed E-state index contributed by atoms with van der Waals surface area (Å²) in [5, 5.41) is 10.2. The van der Waals surface area contributed by atoms with E-state index in [-0.39, 0.29) is 0 Å². The lowest BCUT2D eigenvalue weighted by Gasteiger charge is -2.19. The van der Waals surface area contributed by atoms with Crippen molar-refractivity contribution < 1.29 is 24.1 Å². The third-order valence-electron chi connectivity index (χ3n) is 4.08. The van der Waals surface area contributed by atoms with Crippen molar-refractivity contribution in [3.63, 3.8) is 0 Å². The van der Waals surface area contributed by atoms with Crippen LogP contribution in [0.4, 0.5) is 0 Å². The van der Waals surface area contributed by atoms with Gasteiger partial charge in [0.25, 0.3) is 6.01 Å². The van der Waals surface area contributed by atoms with Gasteiger partial charge in [0.2, 0.25) is 0 Å². The number of hydrogen-bond acceptors (Lipinski definition) is 6. The van der Waals surface area contributed by atoms with Crippen molar-refractivity contribution in [2.24, 2.45) is 0 Å². The van der Waals surface area contributed by atoms with Gasteiger partial charge in [-0.05, 0) is 25.1 Å². The van der Waals surface area contributed by atoms with Crippen molar-refractivity contribution in [1.82, 2.24) is 9.55 Å². The highest BCUT2D eigenvalue weighted by atomic mass is 16.5. The van der Waals surface area contributed by atoms with Crippen LogP contribution in [0.15, 0.2) is 49.1 Å². The highest BCUT2D eigenvalue weighted by molar-refractivity contribution is 5.76. The lowest BCUT2D eigenvalue weighted by atomic mass is 10.2. The molecule has 1 heterocycles. The van der Waals surface area contributed by atoms with Crippen LogP contribution in [0.2, 0.25) is 0 Å². The summed E-state index contributed by atoms with van der Waals surface area (Å²) in [5.74, 6) is 0. The molecule has 0 radical (unpaired) electrons. The van der Waals surface area contributed by atoms with Crippen LogP contribution in [-0.2, 0) is 20.8 Å². The normalized spacial score (nSPS) is 13.8. The number of imidazole rings is 1. The Morgan fingerprint density at radius 1 is 1.14 bits per heavy atom. The Morgan fingerprint density at radius 3 is 2.57 bits per heavy atom. The zero-order valence-corrected chi connectivity index (χ0v) is 16.6. The molecule has 2 atom stereocenters. The van der Waals surface area contributed by atoms with Crippen LogP contribution in [0.5, 0.6) is 6.01 Å². The Kier molecular flexibility index (Phi) is 9.71. The molecule has 0 aliphatic heterocycles. The molecule has 0 saturated heterocycles. The minimum atomic E-state index is -0.795. The number of aromatic nitrogens is 2. The maximum Gasteiger partial charge on any atom is 0.298 e. The van der Waals surface area contributed by atoms with Crippen LogP contribution < -0.4 is 4.74 Å². The van der Waals surface area contributed by atoms with Crippen molar-refractivity contribution in [1.29, 1.82) is 0 Å². The Morgan fingerprint density at radius 2 is 1.86 bits per heavy atom. The second-order valence-electron chi connectivity index (χ2n) is 6.09. The van der Waals surface area contributed by atoms with Crippen molar-refractivity contribution in [2.45, 2.75) is 25.7 Å². The van der Waals surface area contributed by atoms with Gasteiger partial charge in [-0.1, -0.05) is 30.9 Å².